The molecule has 3 rings (SSSR count). The minimum absolute atomic E-state index is 0.237. The number of carbonyl (C=O) groups is 1. The number of aromatic amines is 1. The lowest BCUT2D eigenvalue weighted by molar-refractivity contribution is 0.0860. The van der Waals surface area contributed by atoms with Crippen LogP contribution in [0.25, 0.3) is 5.57 Å². The van der Waals surface area contributed by atoms with Crippen LogP contribution >= 0.6 is 0 Å². The van der Waals surface area contributed by atoms with E-state index in [-0.39, 0.29) is 6.09 Å². The number of benzene rings is 1. The SMILES string of the molecule is C=C(c1cnc[nH]1)C1CCN(C(=O)OCc2ccccc2)CC1. The summed E-state index contributed by atoms with van der Waals surface area (Å²) in [4.78, 5) is 21.0. The molecule has 0 radical (unpaired) electrons. The van der Waals surface area contributed by atoms with Crippen molar-refractivity contribution in [3.05, 3.63) is 60.7 Å². The number of piperidine rings is 1. The van der Waals surface area contributed by atoms with Crippen molar-refractivity contribution in [2.45, 2.75) is 19.4 Å². The molecule has 5 heteroatoms. The van der Waals surface area contributed by atoms with Crippen LogP contribution in [-0.2, 0) is 11.3 Å². The van der Waals surface area contributed by atoms with Gasteiger partial charge in [-0.15, -0.1) is 0 Å². The number of hydrogen-bond donors (Lipinski definition) is 1. The fourth-order valence-electron chi connectivity index (χ4n) is 2.87. The van der Waals surface area contributed by atoms with Gasteiger partial charge in [-0.3, -0.25) is 0 Å². The van der Waals surface area contributed by atoms with Gasteiger partial charge in [0.1, 0.15) is 6.61 Å². The van der Waals surface area contributed by atoms with Crippen molar-refractivity contribution in [2.24, 2.45) is 5.92 Å². The molecule has 1 amide bonds. The van der Waals surface area contributed by atoms with Crippen molar-refractivity contribution in [3.8, 4) is 0 Å². The smallest absolute Gasteiger partial charge is 0.410 e. The van der Waals surface area contributed by atoms with Crippen LogP contribution in [0.3, 0.4) is 0 Å². The van der Waals surface area contributed by atoms with Gasteiger partial charge in [-0.2, -0.15) is 0 Å². The van der Waals surface area contributed by atoms with E-state index in [0.717, 1.165) is 29.7 Å². The highest BCUT2D eigenvalue weighted by Gasteiger charge is 2.26. The number of carbonyl (C=O) groups excluding carboxylic acids is 1. The second-order valence-electron chi connectivity index (χ2n) is 5.79. The number of allylic oxidation sites excluding steroid dienone is 1. The monoisotopic (exact) mass is 311 g/mol. The Morgan fingerprint density at radius 2 is 2.04 bits per heavy atom. The molecule has 0 atom stereocenters. The van der Waals surface area contributed by atoms with Crippen LogP contribution in [0.2, 0.25) is 0 Å². The van der Waals surface area contributed by atoms with Gasteiger partial charge in [0.25, 0.3) is 0 Å². The van der Waals surface area contributed by atoms with Gasteiger partial charge in [-0.1, -0.05) is 36.9 Å². The van der Waals surface area contributed by atoms with E-state index in [2.05, 4.69) is 16.5 Å². The molecule has 0 saturated carbocycles. The maximum atomic E-state index is 12.1. The zero-order valence-electron chi connectivity index (χ0n) is 13.1. The fraction of sp³-hybridized carbons (Fsp3) is 0.333. The third kappa shape index (κ3) is 3.80. The number of rotatable bonds is 4. The summed E-state index contributed by atoms with van der Waals surface area (Å²) < 4.78 is 5.38. The number of amides is 1. The van der Waals surface area contributed by atoms with Crippen LogP contribution in [0.4, 0.5) is 4.79 Å². The molecule has 2 heterocycles. The summed E-state index contributed by atoms with van der Waals surface area (Å²) in [5, 5.41) is 0. The number of nitrogens with zero attached hydrogens (tertiary/aromatic N) is 2. The Hall–Kier alpha value is -2.56. The average molecular weight is 311 g/mol. The minimum Gasteiger partial charge on any atom is -0.445 e. The number of likely N-dealkylation sites (tertiary alicyclic amines) is 1. The van der Waals surface area contributed by atoms with Crippen LogP contribution < -0.4 is 0 Å². The van der Waals surface area contributed by atoms with Gasteiger partial charge < -0.3 is 14.6 Å². The molecule has 1 N–H and O–H groups in total. The van der Waals surface area contributed by atoms with Crippen LogP contribution in [0.15, 0.2) is 49.4 Å². The number of nitrogens with one attached hydrogen (secondary N) is 1. The number of aromatic nitrogens is 2. The highest BCUT2D eigenvalue weighted by atomic mass is 16.6. The lowest BCUT2D eigenvalue weighted by atomic mass is 9.89. The molecule has 120 valence electrons. The first-order valence-corrected chi connectivity index (χ1v) is 7.87. The van der Waals surface area contributed by atoms with E-state index in [0.29, 0.717) is 25.6 Å². The van der Waals surface area contributed by atoms with Crippen molar-refractivity contribution in [3.63, 3.8) is 0 Å². The summed E-state index contributed by atoms with van der Waals surface area (Å²) in [5.41, 5.74) is 3.05. The molecule has 0 unspecified atom stereocenters. The fourth-order valence-corrected chi connectivity index (χ4v) is 2.87. The lowest BCUT2D eigenvalue weighted by Gasteiger charge is -2.32. The highest BCUT2D eigenvalue weighted by molar-refractivity contribution is 5.68. The molecule has 0 spiro atoms. The van der Waals surface area contributed by atoms with E-state index in [9.17, 15) is 4.79 Å². The van der Waals surface area contributed by atoms with Gasteiger partial charge in [0.2, 0.25) is 0 Å². The molecule has 0 aliphatic carbocycles. The van der Waals surface area contributed by atoms with Crippen LogP contribution in [0, 0.1) is 5.92 Å². The Morgan fingerprint density at radius 1 is 1.30 bits per heavy atom. The van der Waals surface area contributed by atoms with Crippen LogP contribution in [0.5, 0.6) is 0 Å². The normalized spacial score (nSPS) is 15.4. The van der Waals surface area contributed by atoms with Gasteiger partial charge in [0, 0.05) is 13.1 Å². The summed E-state index contributed by atoms with van der Waals surface area (Å²) in [5.74, 6) is 0.383. The van der Waals surface area contributed by atoms with Crippen molar-refractivity contribution in [2.75, 3.05) is 13.1 Å². The second kappa shape index (κ2) is 7.13. The number of hydrogen-bond acceptors (Lipinski definition) is 3. The molecule has 1 aliphatic rings. The van der Waals surface area contributed by atoms with Gasteiger partial charge in [-0.25, -0.2) is 9.78 Å². The predicted molar refractivity (Wildman–Crippen MR) is 88.5 cm³/mol. The largest absolute Gasteiger partial charge is 0.445 e. The van der Waals surface area contributed by atoms with Crippen LogP contribution in [-0.4, -0.2) is 34.1 Å². The number of imidazole rings is 1. The van der Waals surface area contributed by atoms with Crippen molar-refractivity contribution in [1.29, 1.82) is 0 Å². The highest BCUT2D eigenvalue weighted by Crippen LogP contribution is 2.29. The standard InChI is InChI=1S/C18H21N3O2/c1-14(17-11-19-13-20-17)16-7-9-21(10-8-16)18(22)23-12-15-5-3-2-4-6-15/h2-6,11,13,16H,1,7-10,12H2,(H,19,20). The first-order chi connectivity index (χ1) is 11.2. The quantitative estimate of drug-likeness (QED) is 0.940. The van der Waals surface area contributed by atoms with Gasteiger partial charge in [0.05, 0.1) is 18.2 Å². The third-order valence-electron chi connectivity index (χ3n) is 4.30. The van der Waals surface area contributed by atoms with E-state index in [1.54, 1.807) is 17.4 Å². The molecule has 1 aromatic carbocycles. The summed E-state index contributed by atoms with van der Waals surface area (Å²) in [6.45, 7) is 5.88. The Balaban J connectivity index is 1.47. The van der Waals surface area contributed by atoms with Crippen molar-refractivity contribution < 1.29 is 9.53 Å². The topological polar surface area (TPSA) is 58.2 Å². The molecule has 1 saturated heterocycles. The number of H-pyrrole nitrogens is 1. The second-order valence-corrected chi connectivity index (χ2v) is 5.79. The zero-order valence-corrected chi connectivity index (χ0v) is 13.1. The Morgan fingerprint density at radius 3 is 2.70 bits per heavy atom. The molecular formula is C18H21N3O2. The first kappa shape index (κ1) is 15.3. The van der Waals surface area contributed by atoms with E-state index >= 15 is 0 Å². The summed E-state index contributed by atoms with van der Waals surface area (Å²) in [6, 6.07) is 9.73. The van der Waals surface area contributed by atoms with E-state index in [1.807, 2.05) is 30.3 Å². The Kier molecular flexibility index (Phi) is 4.76. The van der Waals surface area contributed by atoms with Crippen molar-refractivity contribution in [1.82, 2.24) is 14.9 Å². The van der Waals surface area contributed by atoms with E-state index in [4.69, 9.17) is 4.74 Å². The summed E-state index contributed by atoms with van der Waals surface area (Å²) in [7, 11) is 0. The van der Waals surface area contributed by atoms with Crippen molar-refractivity contribution >= 4 is 11.7 Å². The Labute approximate surface area is 136 Å². The lowest BCUT2D eigenvalue weighted by Crippen LogP contribution is -2.38. The van der Waals surface area contributed by atoms with Gasteiger partial charge in [-0.05, 0) is 29.9 Å². The van der Waals surface area contributed by atoms with Gasteiger partial charge in [0.15, 0.2) is 0 Å². The molecular weight excluding hydrogens is 290 g/mol. The number of ether oxygens (including phenoxy) is 1. The Bertz CT molecular complexity index is 644. The molecule has 0 bridgehead atoms. The predicted octanol–water partition coefficient (Wildman–Crippen LogP) is 3.47. The van der Waals surface area contributed by atoms with E-state index < -0.39 is 0 Å². The third-order valence-corrected chi connectivity index (χ3v) is 4.30. The average Bonchev–Trinajstić information content (AvgIpc) is 3.15. The molecule has 23 heavy (non-hydrogen) atoms. The molecule has 1 fully saturated rings. The first-order valence-electron chi connectivity index (χ1n) is 7.87. The maximum Gasteiger partial charge on any atom is 0.410 e. The zero-order chi connectivity index (χ0) is 16.1. The maximum absolute atomic E-state index is 12.1. The van der Waals surface area contributed by atoms with Gasteiger partial charge >= 0.3 is 6.09 Å². The minimum atomic E-state index is -0.237. The van der Waals surface area contributed by atoms with E-state index in [1.165, 1.54) is 0 Å². The summed E-state index contributed by atoms with van der Waals surface area (Å²) in [6.07, 6.45) is 5.02. The molecule has 1 aromatic heterocycles. The molecule has 5 nitrogen and oxygen atoms in total. The molecule has 1 aliphatic heterocycles. The summed E-state index contributed by atoms with van der Waals surface area (Å²) >= 11 is 0. The van der Waals surface area contributed by atoms with Crippen LogP contribution in [0.1, 0.15) is 24.1 Å². The molecule has 2 aromatic rings.